The summed E-state index contributed by atoms with van der Waals surface area (Å²) in [5.74, 6) is 1.08. The van der Waals surface area contributed by atoms with Gasteiger partial charge in [0.25, 0.3) is 0 Å². The molecule has 1 aromatic carbocycles. The fourth-order valence-corrected chi connectivity index (χ4v) is 3.62. The summed E-state index contributed by atoms with van der Waals surface area (Å²) in [6, 6.07) is 4.50. The lowest BCUT2D eigenvalue weighted by Gasteiger charge is -2.21. The number of carbonyl (C=O) groups excluding carboxylic acids is 1. The van der Waals surface area contributed by atoms with E-state index in [1.807, 2.05) is 0 Å². The molecular weight excluding hydrogens is 333 g/mol. The molecule has 1 atom stereocenters. The van der Waals surface area contributed by atoms with Crippen LogP contribution in [0, 0.1) is 5.82 Å². The van der Waals surface area contributed by atoms with Crippen LogP contribution in [0.1, 0.15) is 12.0 Å². The second kappa shape index (κ2) is 6.24. The van der Waals surface area contributed by atoms with E-state index in [4.69, 9.17) is 0 Å². The minimum absolute atomic E-state index is 0.163. The van der Waals surface area contributed by atoms with E-state index in [0.717, 1.165) is 11.3 Å². The van der Waals surface area contributed by atoms with Crippen molar-refractivity contribution < 1.29 is 14.3 Å². The highest BCUT2D eigenvalue weighted by atomic mass is 79.9. The van der Waals surface area contributed by atoms with E-state index < -0.39 is 5.60 Å². The first-order chi connectivity index (χ1) is 8.98. The van der Waals surface area contributed by atoms with Crippen LogP contribution in [0.5, 0.6) is 0 Å². The molecule has 0 spiro atoms. The number of aliphatic hydroxyl groups is 1. The van der Waals surface area contributed by atoms with Crippen molar-refractivity contribution in [2.75, 3.05) is 18.1 Å². The molecule has 3 nitrogen and oxygen atoms in total. The highest BCUT2D eigenvalue weighted by molar-refractivity contribution is 9.10. The molecule has 1 amide bonds. The first-order valence-electron chi connectivity index (χ1n) is 5.99. The molecule has 0 aliphatic carbocycles. The molecule has 0 saturated carbocycles. The van der Waals surface area contributed by atoms with Crippen LogP contribution in [-0.4, -0.2) is 34.7 Å². The molecule has 1 aromatic rings. The Labute approximate surface area is 124 Å². The largest absolute Gasteiger partial charge is 0.387 e. The number of nitrogens with one attached hydrogen (secondary N) is 1. The van der Waals surface area contributed by atoms with Gasteiger partial charge in [-0.1, -0.05) is 6.07 Å². The van der Waals surface area contributed by atoms with Gasteiger partial charge in [-0.15, -0.1) is 0 Å². The zero-order chi connectivity index (χ0) is 13.9. The van der Waals surface area contributed by atoms with E-state index in [0.29, 0.717) is 16.6 Å². The number of rotatable bonds is 4. The summed E-state index contributed by atoms with van der Waals surface area (Å²) in [6.45, 7) is 0.279. The third-order valence-electron chi connectivity index (χ3n) is 3.05. The molecule has 6 heteroatoms. The van der Waals surface area contributed by atoms with Crippen molar-refractivity contribution in [3.05, 3.63) is 34.1 Å². The molecule has 2 rings (SSSR count). The first-order valence-corrected chi connectivity index (χ1v) is 7.94. The zero-order valence-electron chi connectivity index (χ0n) is 10.3. The summed E-state index contributed by atoms with van der Waals surface area (Å²) in [7, 11) is 0. The van der Waals surface area contributed by atoms with Gasteiger partial charge in [-0.2, -0.15) is 11.8 Å². The highest BCUT2D eigenvalue weighted by Crippen LogP contribution is 2.27. The third kappa shape index (κ3) is 4.19. The van der Waals surface area contributed by atoms with Crippen LogP contribution in [0.2, 0.25) is 0 Å². The van der Waals surface area contributed by atoms with Crippen LogP contribution in [0.4, 0.5) is 4.39 Å². The van der Waals surface area contributed by atoms with Crippen LogP contribution >= 0.6 is 27.7 Å². The van der Waals surface area contributed by atoms with Crippen molar-refractivity contribution in [2.24, 2.45) is 0 Å². The highest BCUT2D eigenvalue weighted by Gasteiger charge is 2.31. The smallest absolute Gasteiger partial charge is 0.224 e. The Bertz CT molecular complexity index is 478. The van der Waals surface area contributed by atoms with Crippen LogP contribution in [-0.2, 0) is 11.2 Å². The molecule has 1 saturated heterocycles. The van der Waals surface area contributed by atoms with E-state index in [9.17, 15) is 14.3 Å². The molecule has 0 radical (unpaired) electrons. The van der Waals surface area contributed by atoms with Crippen LogP contribution < -0.4 is 5.32 Å². The molecule has 1 aliphatic rings. The van der Waals surface area contributed by atoms with Crippen molar-refractivity contribution >= 4 is 33.6 Å². The molecule has 1 heterocycles. The molecule has 0 bridgehead atoms. The molecule has 1 unspecified atom stereocenters. The van der Waals surface area contributed by atoms with Crippen molar-refractivity contribution in [1.82, 2.24) is 5.32 Å². The zero-order valence-corrected chi connectivity index (χ0v) is 12.7. The van der Waals surface area contributed by atoms with Gasteiger partial charge < -0.3 is 10.4 Å². The Morgan fingerprint density at radius 1 is 1.58 bits per heavy atom. The van der Waals surface area contributed by atoms with E-state index in [-0.39, 0.29) is 24.7 Å². The molecular formula is C13H15BrFNO2S. The van der Waals surface area contributed by atoms with Crippen LogP contribution in [0.3, 0.4) is 0 Å². The lowest BCUT2D eigenvalue weighted by atomic mass is 10.0. The monoisotopic (exact) mass is 347 g/mol. The van der Waals surface area contributed by atoms with Crippen molar-refractivity contribution in [2.45, 2.75) is 18.4 Å². The normalized spacial score (nSPS) is 22.5. The fraction of sp³-hybridized carbons (Fsp3) is 0.462. The second-order valence-electron chi connectivity index (χ2n) is 4.73. The van der Waals surface area contributed by atoms with Crippen LogP contribution in [0.15, 0.2) is 22.7 Å². The lowest BCUT2D eigenvalue weighted by Crippen LogP contribution is -2.43. The number of benzene rings is 1. The Balaban J connectivity index is 1.85. The van der Waals surface area contributed by atoms with Gasteiger partial charge in [0.15, 0.2) is 0 Å². The second-order valence-corrected chi connectivity index (χ2v) is 6.69. The quantitative estimate of drug-likeness (QED) is 0.876. The summed E-state index contributed by atoms with van der Waals surface area (Å²) in [4.78, 5) is 11.8. The molecule has 0 aromatic heterocycles. The standard InChI is InChI=1S/C13H15BrFNO2S/c14-10-5-9(1-2-11(10)15)6-12(17)16-7-13(18)3-4-19-8-13/h1-2,5,18H,3-4,6-8H2,(H,16,17). The molecule has 2 N–H and O–H groups in total. The fourth-order valence-electron chi connectivity index (χ4n) is 1.90. The Hall–Kier alpha value is -0.590. The van der Waals surface area contributed by atoms with Crippen molar-refractivity contribution in [3.63, 3.8) is 0 Å². The maximum absolute atomic E-state index is 13.1. The number of carbonyl (C=O) groups is 1. The molecule has 1 aliphatic heterocycles. The van der Waals surface area contributed by atoms with Gasteiger partial charge in [-0.05, 0) is 45.8 Å². The Kier molecular flexibility index (Phi) is 4.86. The maximum atomic E-state index is 13.1. The van der Waals surface area contributed by atoms with E-state index in [1.54, 1.807) is 23.9 Å². The molecule has 104 valence electrons. The van der Waals surface area contributed by atoms with Gasteiger partial charge in [0.1, 0.15) is 5.82 Å². The number of hydrogen-bond donors (Lipinski definition) is 2. The Morgan fingerprint density at radius 3 is 3.00 bits per heavy atom. The van der Waals surface area contributed by atoms with Gasteiger partial charge in [-0.3, -0.25) is 4.79 Å². The van der Waals surface area contributed by atoms with E-state index >= 15 is 0 Å². The van der Waals surface area contributed by atoms with Gasteiger partial charge in [0.05, 0.1) is 16.5 Å². The minimum atomic E-state index is -0.774. The van der Waals surface area contributed by atoms with E-state index in [1.165, 1.54) is 6.07 Å². The lowest BCUT2D eigenvalue weighted by molar-refractivity contribution is -0.121. The van der Waals surface area contributed by atoms with Gasteiger partial charge in [0, 0.05) is 12.3 Å². The third-order valence-corrected chi connectivity index (χ3v) is 4.89. The van der Waals surface area contributed by atoms with E-state index in [2.05, 4.69) is 21.2 Å². The SMILES string of the molecule is O=C(Cc1ccc(F)c(Br)c1)NCC1(O)CCSC1. The number of amides is 1. The van der Waals surface area contributed by atoms with Crippen LogP contribution in [0.25, 0.3) is 0 Å². The number of thioether (sulfide) groups is 1. The van der Waals surface area contributed by atoms with Gasteiger partial charge in [0.2, 0.25) is 5.91 Å². The summed E-state index contributed by atoms with van der Waals surface area (Å²) in [6.07, 6.45) is 0.891. The summed E-state index contributed by atoms with van der Waals surface area (Å²) in [5.41, 5.74) is -0.0393. The number of hydrogen-bond acceptors (Lipinski definition) is 3. The number of halogens is 2. The predicted octanol–water partition coefficient (Wildman–Crippen LogP) is 2.11. The Morgan fingerprint density at radius 2 is 2.37 bits per heavy atom. The summed E-state index contributed by atoms with van der Waals surface area (Å²) < 4.78 is 13.4. The summed E-state index contributed by atoms with van der Waals surface area (Å²) in [5, 5.41) is 12.8. The average molecular weight is 348 g/mol. The predicted molar refractivity (Wildman–Crippen MR) is 77.7 cm³/mol. The van der Waals surface area contributed by atoms with Gasteiger partial charge >= 0.3 is 0 Å². The molecule has 1 fully saturated rings. The summed E-state index contributed by atoms with van der Waals surface area (Å²) >= 11 is 4.78. The topological polar surface area (TPSA) is 49.3 Å². The first kappa shape index (κ1) is 14.8. The minimum Gasteiger partial charge on any atom is -0.387 e. The maximum Gasteiger partial charge on any atom is 0.224 e. The van der Waals surface area contributed by atoms with Crippen molar-refractivity contribution in [3.8, 4) is 0 Å². The average Bonchev–Trinajstić information content (AvgIpc) is 2.79. The molecule has 19 heavy (non-hydrogen) atoms. The van der Waals surface area contributed by atoms with Gasteiger partial charge in [-0.25, -0.2) is 4.39 Å². The van der Waals surface area contributed by atoms with Crippen molar-refractivity contribution in [1.29, 1.82) is 0 Å².